The van der Waals surface area contributed by atoms with Gasteiger partial charge in [0.1, 0.15) is 18.0 Å². The van der Waals surface area contributed by atoms with Crippen LogP contribution in [-0.2, 0) is 7.05 Å². The molecule has 3 aromatic heterocycles. The van der Waals surface area contributed by atoms with Gasteiger partial charge in [0.2, 0.25) is 0 Å². The van der Waals surface area contributed by atoms with E-state index in [0.717, 1.165) is 40.2 Å². The highest BCUT2D eigenvalue weighted by atomic mass is 19.1. The van der Waals surface area contributed by atoms with Gasteiger partial charge in [-0.2, -0.15) is 10.2 Å². The molecule has 0 spiro atoms. The molecule has 5 aromatic rings. The Labute approximate surface area is 163 Å². The summed E-state index contributed by atoms with van der Waals surface area (Å²) in [5.41, 5.74) is 4.27. The maximum Gasteiger partial charge on any atom is 0.132 e. The number of rotatable bonds is 3. The van der Waals surface area contributed by atoms with Crippen molar-refractivity contribution >= 4 is 10.9 Å². The van der Waals surface area contributed by atoms with Gasteiger partial charge in [-0.1, -0.05) is 6.07 Å². The molecular weight excluding hydrogens is 374 g/mol. The molecule has 0 bridgehead atoms. The van der Waals surface area contributed by atoms with E-state index in [2.05, 4.69) is 25.3 Å². The fraction of sp³-hybridized carbons (Fsp3) is 0.0476. The van der Waals surface area contributed by atoms with E-state index in [-0.39, 0.29) is 5.56 Å². The van der Waals surface area contributed by atoms with Crippen molar-refractivity contribution in [3.63, 3.8) is 0 Å². The van der Waals surface area contributed by atoms with Crippen LogP contribution in [0, 0.1) is 11.6 Å². The summed E-state index contributed by atoms with van der Waals surface area (Å²) in [6, 6.07) is 9.11. The van der Waals surface area contributed by atoms with Crippen LogP contribution in [0.5, 0.6) is 0 Å². The van der Waals surface area contributed by atoms with Crippen LogP contribution in [0.25, 0.3) is 44.5 Å². The van der Waals surface area contributed by atoms with E-state index in [4.69, 9.17) is 0 Å². The van der Waals surface area contributed by atoms with E-state index in [0.29, 0.717) is 17.0 Å². The van der Waals surface area contributed by atoms with Crippen molar-refractivity contribution < 1.29 is 8.78 Å². The molecule has 0 unspecified atom stereocenters. The number of hydrogen-bond donors (Lipinski definition) is 1. The van der Waals surface area contributed by atoms with Crippen molar-refractivity contribution in [1.82, 2.24) is 29.9 Å². The highest BCUT2D eigenvalue weighted by Crippen LogP contribution is 2.35. The number of nitrogens with zero attached hydrogens (tertiary/aromatic N) is 5. The Bertz CT molecular complexity index is 1350. The van der Waals surface area contributed by atoms with Gasteiger partial charge in [-0.3, -0.25) is 9.78 Å². The van der Waals surface area contributed by atoms with Crippen LogP contribution in [0.1, 0.15) is 0 Å². The smallest absolute Gasteiger partial charge is 0.132 e. The van der Waals surface area contributed by atoms with Gasteiger partial charge < -0.3 is 0 Å². The fourth-order valence-electron chi connectivity index (χ4n) is 3.38. The van der Waals surface area contributed by atoms with Crippen LogP contribution in [-0.4, -0.2) is 29.9 Å². The normalized spacial score (nSPS) is 11.3. The van der Waals surface area contributed by atoms with Crippen molar-refractivity contribution in [2.24, 2.45) is 7.05 Å². The lowest BCUT2D eigenvalue weighted by molar-refractivity contribution is 0.602. The number of aryl methyl sites for hydroxylation is 1. The molecule has 0 aliphatic carbocycles. The van der Waals surface area contributed by atoms with Crippen LogP contribution in [0.15, 0.2) is 61.3 Å². The fourth-order valence-corrected chi connectivity index (χ4v) is 3.38. The number of aromatic nitrogens is 6. The zero-order valence-corrected chi connectivity index (χ0v) is 15.3. The average molecular weight is 388 g/mol. The topological polar surface area (TPSA) is 72.3 Å². The van der Waals surface area contributed by atoms with Crippen molar-refractivity contribution in [2.45, 2.75) is 0 Å². The van der Waals surface area contributed by atoms with E-state index < -0.39 is 11.6 Å². The molecular formula is C21H14F2N6. The van der Waals surface area contributed by atoms with Crippen LogP contribution < -0.4 is 0 Å². The molecule has 8 heteroatoms. The van der Waals surface area contributed by atoms with Crippen molar-refractivity contribution in [3.05, 3.63) is 73.0 Å². The number of H-pyrrole nitrogens is 1. The highest BCUT2D eigenvalue weighted by Gasteiger charge is 2.18. The minimum atomic E-state index is -0.547. The van der Waals surface area contributed by atoms with E-state index in [1.54, 1.807) is 17.1 Å². The van der Waals surface area contributed by atoms with E-state index in [9.17, 15) is 8.78 Å². The lowest BCUT2D eigenvalue weighted by Crippen LogP contribution is -1.93. The largest absolute Gasteiger partial charge is 0.277 e. The summed E-state index contributed by atoms with van der Waals surface area (Å²) >= 11 is 0. The quantitative estimate of drug-likeness (QED) is 0.498. The molecule has 5 rings (SSSR count). The number of nitrogens with one attached hydrogen (secondary N) is 1. The summed E-state index contributed by atoms with van der Waals surface area (Å²) in [4.78, 5) is 8.77. The standard InChI is InChI=1S/C21H14F2N6/c1-29-10-13(8-27-29)12-2-4-15-19(6-12)24-11-25-20(15)17-9-26-28-21(17)16-7-14(22)3-5-18(16)23/h2-11H,1H3,(H,26,28). The van der Waals surface area contributed by atoms with E-state index >= 15 is 0 Å². The molecule has 6 nitrogen and oxygen atoms in total. The third-order valence-corrected chi connectivity index (χ3v) is 4.77. The Kier molecular flexibility index (Phi) is 3.90. The summed E-state index contributed by atoms with van der Waals surface area (Å²) < 4.78 is 29.8. The molecule has 0 saturated carbocycles. The van der Waals surface area contributed by atoms with Gasteiger partial charge in [-0.25, -0.2) is 18.7 Å². The minimum Gasteiger partial charge on any atom is -0.277 e. The molecule has 0 radical (unpaired) electrons. The van der Waals surface area contributed by atoms with Crippen molar-refractivity contribution in [2.75, 3.05) is 0 Å². The summed E-state index contributed by atoms with van der Waals surface area (Å²) in [6.45, 7) is 0. The molecule has 3 heterocycles. The highest BCUT2D eigenvalue weighted by molar-refractivity contribution is 5.97. The molecule has 0 fully saturated rings. The second-order valence-corrected chi connectivity index (χ2v) is 6.64. The summed E-state index contributed by atoms with van der Waals surface area (Å²) in [5, 5.41) is 11.8. The molecule has 29 heavy (non-hydrogen) atoms. The molecule has 0 atom stereocenters. The van der Waals surface area contributed by atoms with E-state index in [1.807, 2.05) is 31.4 Å². The number of aromatic amines is 1. The molecule has 0 amide bonds. The first-order valence-corrected chi connectivity index (χ1v) is 8.83. The van der Waals surface area contributed by atoms with Crippen molar-refractivity contribution in [1.29, 1.82) is 0 Å². The average Bonchev–Trinajstić information content (AvgIpc) is 3.38. The first-order chi connectivity index (χ1) is 14.1. The summed E-state index contributed by atoms with van der Waals surface area (Å²) in [5.74, 6) is -1.08. The predicted octanol–water partition coefficient (Wildman–Crippen LogP) is 4.37. The monoisotopic (exact) mass is 388 g/mol. The Balaban J connectivity index is 1.67. The Hall–Kier alpha value is -3.94. The lowest BCUT2D eigenvalue weighted by atomic mass is 10.0. The summed E-state index contributed by atoms with van der Waals surface area (Å²) in [7, 11) is 1.86. The zero-order chi connectivity index (χ0) is 20.0. The second kappa shape index (κ2) is 6.59. The Morgan fingerprint density at radius 3 is 2.66 bits per heavy atom. The third kappa shape index (κ3) is 2.94. The molecule has 2 aromatic carbocycles. The van der Waals surface area contributed by atoms with Crippen LogP contribution >= 0.6 is 0 Å². The van der Waals surface area contributed by atoms with Crippen LogP contribution in [0.2, 0.25) is 0 Å². The van der Waals surface area contributed by atoms with Crippen molar-refractivity contribution in [3.8, 4) is 33.6 Å². The predicted molar refractivity (Wildman–Crippen MR) is 105 cm³/mol. The number of hydrogen-bond acceptors (Lipinski definition) is 4. The van der Waals surface area contributed by atoms with Gasteiger partial charge in [0, 0.05) is 35.3 Å². The molecule has 1 N–H and O–H groups in total. The lowest BCUT2D eigenvalue weighted by Gasteiger charge is -2.08. The Morgan fingerprint density at radius 1 is 0.931 bits per heavy atom. The molecule has 0 aliphatic rings. The molecule has 0 aliphatic heterocycles. The zero-order valence-electron chi connectivity index (χ0n) is 15.3. The van der Waals surface area contributed by atoms with Gasteiger partial charge >= 0.3 is 0 Å². The first-order valence-electron chi connectivity index (χ1n) is 8.83. The van der Waals surface area contributed by atoms with Crippen LogP contribution in [0.3, 0.4) is 0 Å². The minimum absolute atomic E-state index is 0.0937. The second-order valence-electron chi connectivity index (χ2n) is 6.64. The first kappa shape index (κ1) is 17.2. The third-order valence-electron chi connectivity index (χ3n) is 4.77. The number of fused-ring (bicyclic) bond motifs is 1. The van der Waals surface area contributed by atoms with Gasteiger partial charge in [0.05, 0.1) is 29.3 Å². The van der Waals surface area contributed by atoms with Gasteiger partial charge in [-0.15, -0.1) is 0 Å². The molecule has 0 saturated heterocycles. The van der Waals surface area contributed by atoms with Crippen LogP contribution in [0.4, 0.5) is 8.78 Å². The SMILES string of the molecule is Cn1cc(-c2ccc3c(-c4cn[nH]c4-c4cc(F)ccc4F)ncnc3c2)cn1. The van der Waals surface area contributed by atoms with Gasteiger partial charge in [0.15, 0.2) is 0 Å². The van der Waals surface area contributed by atoms with Gasteiger partial charge in [-0.05, 0) is 35.9 Å². The molecule has 142 valence electrons. The maximum atomic E-state index is 14.3. The van der Waals surface area contributed by atoms with E-state index in [1.165, 1.54) is 6.33 Å². The summed E-state index contributed by atoms with van der Waals surface area (Å²) in [6.07, 6.45) is 6.70. The number of benzene rings is 2. The number of halogens is 2. The Morgan fingerprint density at radius 2 is 1.83 bits per heavy atom. The maximum absolute atomic E-state index is 14.3. The van der Waals surface area contributed by atoms with Gasteiger partial charge in [0.25, 0.3) is 0 Å².